The van der Waals surface area contributed by atoms with Gasteiger partial charge in [0.1, 0.15) is 16.9 Å². The molecule has 0 saturated heterocycles. The Kier molecular flexibility index (Phi) is 6.04. The highest BCUT2D eigenvalue weighted by atomic mass is 35.5. The van der Waals surface area contributed by atoms with E-state index in [9.17, 15) is 9.59 Å². The number of carboxylic acid groups (broad SMARTS) is 1. The first-order valence-electron chi connectivity index (χ1n) is 10.0. The van der Waals surface area contributed by atoms with Crippen LogP contribution in [0.3, 0.4) is 0 Å². The lowest BCUT2D eigenvalue weighted by Gasteiger charge is -2.08. The molecular formula is C23H20Cl2N4O3. The van der Waals surface area contributed by atoms with Gasteiger partial charge in [-0.25, -0.2) is 9.67 Å². The second-order valence-corrected chi connectivity index (χ2v) is 8.61. The molecule has 4 aromatic rings. The second kappa shape index (κ2) is 8.76. The van der Waals surface area contributed by atoms with Gasteiger partial charge in [0, 0.05) is 6.42 Å². The third-order valence-corrected chi connectivity index (χ3v) is 5.67. The van der Waals surface area contributed by atoms with Crippen molar-refractivity contribution in [2.24, 2.45) is 0 Å². The summed E-state index contributed by atoms with van der Waals surface area (Å²) in [5, 5.41) is 14.8. The van der Waals surface area contributed by atoms with Crippen molar-refractivity contribution in [3.8, 4) is 5.69 Å². The van der Waals surface area contributed by atoms with E-state index in [1.54, 1.807) is 30.3 Å². The highest BCUT2D eigenvalue weighted by molar-refractivity contribution is 6.37. The number of rotatable bonds is 6. The highest BCUT2D eigenvalue weighted by Crippen LogP contribution is 2.32. The van der Waals surface area contributed by atoms with Crippen molar-refractivity contribution in [1.29, 1.82) is 0 Å². The summed E-state index contributed by atoms with van der Waals surface area (Å²) in [5.74, 6) is -0.453. The Balaban J connectivity index is 1.83. The van der Waals surface area contributed by atoms with Gasteiger partial charge in [-0.05, 0) is 29.2 Å². The third-order valence-electron chi connectivity index (χ3n) is 5.06. The summed E-state index contributed by atoms with van der Waals surface area (Å²) in [5.41, 5.74) is 2.75. The van der Waals surface area contributed by atoms with Crippen molar-refractivity contribution in [2.45, 2.75) is 32.6 Å². The topological polar surface area (TPSA) is 101 Å². The largest absolute Gasteiger partial charge is 0.481 e. The van der Waals surface area contributed by atoms with Gasteiger partial charge >= 0.3 is 5.97 Å². The predicted molar refractivity (Wildman–Crippen MR) is 124 cm³/mol. The zero-order valence-corrected chi connectivity index (χ0v) is 18.9. The molecule has 2 aromatic heterocycles. The molecule has 0 amide bonds. The number of halogens is 2. The van der Waals surface area contributed by atoms with Crippen molar-refractivity contribution < 1.29 is 9.90 Å². The average molecular weight is 471 g/mol. The molecule has 0 aliphatic rings. The maximum Gasteiger partial charge on any atom is 0.307 e. The SMILES string of the molecule is CC(C)c1nn(-c2c(Cl)cccc2Cl)c2nc(Cc3ccc(CC(=O)O)cc3)[nH]c(=O)c12. The third kappa shape index (κ3) is 4.26. The molecule has 164 valence electrons. The van der Waals surface area contributed by atoms with Gasteiger partial charge in [-0.15, -0.1) is 0 Å². The van der Waals surface area contributed by atoms with Crippen LogP contribution in [0.2, 0.25) is 10.0 Å². The van der Waals surface area contributed by atoms with E-state index in [4.69, 9.17) is 33.3 Å². The van der Waals surface area contributed by atoms with Crippen LogP contribution in [-0.4, -0.2) is 30.8 Å². The molecular weight excluding hydrogens is 451 g/mol. The first-order chi connectivity index (χ1) is 15.2. The molecule has 0 aliphatic carbocycles. The quantitative estimate of drug-likeness (QED) is 0.423. The summed E-state index contributed by atoms with van der Waals surface area (Å²) in [7, 11) is 0. The fourth-order valence-corrected chi connectivity index (χ4v) is 4.13. The van der Waals surface area contributed by atoms with Crippen LogP contribution in [0.4, 0.5) is 0 Å². The van der Waals surface area contributed by atoms with Gasteiger partial charge < -0.3 is 10.1 Å². The number of H-pyrrole nitrogens is 1. The van der Waals surface area contributed by atoms with Crippen LogP contribution in [0.1, 0.15) is 42.4 Å². The average Bonchev–Trinajstić information content (AvgIpc) is 3.09. The number of hydrogen-bond donors (Lipinski definition) is 2. The van der Waals surface area contributed by atoms with Crippen molar-refractivity contribution in [3.63, 3.8) is 0 Å². The van der Waals surface area contributed by atoms with Crippen LogP contribution in [-0.2, 0) is 17.6 Å². The van der Waals surface area contributed by atoms with E-state index in [0.29, 0.717) is 50.3 Å². The number of aliphatic carboxylic acids is 1. The molecule has 7 nitrogen and oxygen atoms in total. The smallest absolute Gasteiger partial charge is 0.307 e. The number of aromatic amines is 1. The van der Waals surface area contributed by atoms with Gasteiger partial charge in [-0.3, -0.25) is 9.59 Å². The van der Waals surface area contributed by atoms with E-state index in [1.165, 1.54) is 4.68 Å². The van der Waals surface area contributed by atoms with Crippen molar-refractivity contribution in [3.05, 3.63) is 85.5 Å². The molecule has 0 fully saturated rings. The van der Waals surface area contributed by atoms with Gasteiger partial charge in [0.05, 0.1) is 22.2 Å². The number of fused-ring (bicyclic) bond motifs is 1. The Hall–Kier alpha value is -3.16. The molecule has 32 heavy (non-hydrogen) atoms. The maximum atomic E-state index is 13.0. The Bertz CT molecular complexity index is 1350. The molecule has 0 aliphatic heterocycles. The van der Waals surface area contributed by atoms with Gasteiger partial charge in [0.25, 0.3) is 5.56 Å². The van der Waals surface area contributed by atoms with Gasteiger partial charge in [-0.2, -0.15) is 5.10 Å². The lowest BCUT2D eigenvalue weighted by atomic mass is 10.1. The number of carbonyl (C=O) groups is 1. The van der Waals surface area contributed by atoms with Crippen molar-refractivity contribution in [2.75, 3.05) is 0 Å². The fraction of sp³-hybridized carbons (Fsp3) is 0.217. The molecule has 0 bridgehead atoms. The predicted octanol–water partition coefficient (Wildman–Crippen LogP) is 4.76. The first-order valence-corrected chi connectivity index (χ1v) is 10.8. The summed E-state index contributed by atoms with van der Waals surface area (Å²) in [6.45, 7) is 3.90. The van der Waals surface area contributed by atoms with E-state index in [2.05, 4.69) is 10.1 Å². The lowest BCUT2D eigenvalue weighted by molar-refractivity contribution is -0.136. The van der Waals surface area contributed by atoms with E-state index in [0.717, 1.165) is 5.56 Å². The van der Waals surface area contributed by atoms with E-state index < -0.39 is 5.97 Å². The fourth-order valence-electron chi connectivity index (χ4n) is 3.57. The summed E-state index contributed by atoms with van der Waals surface area (Å²) >= 11 is 12.8. The lowest BCUT2D eigenvalue weighted by Crippen LogP contribution is -2.14. The van der Waals surface area contributed by atoms with Crippen LogP contribution in [0.15, 0.2) is 47.3 Å². The summed E-state index contributed by atoms with van der Waals surface area (Å²) in [4.78, 5) is 31.5. The molecule has 2 aromatic carbocycles. The standard InChI is InChI=1S/C23H20Cl2N4O3/c1-12(2)20-19-22(29(28-20)21-15(24)4-3-5-16(21)25)26-17(27-23(19)32)10-13-6-8-14(9-7-13)11-18(30)31/h3-9,12H,10-11H2,1-2H3,(H,30,31)(H,26,27,32). The van der Waals surface area contributed by atoms with Crippen LogP contribution in [0.5, 0.6) is 0 Å². The summed E-state index contributed by atoms with van der Waals surface area (Å²) in [6, 6.07) is 12.3. The number of nitrogens with zero attached hydrogens (tertiary/aromatic N) is 3. The van der Waals surface area contributed by atoms with Crippen LogP contribution in [0.25, 0.3) is 16.7 Å². The zero-order chi connectivity index (χ0) is 23.0. The Morgan fingerprint density at radius 2 is 1.72 bits per heavy atom. The zero-order valence-electron chi connectivity index (χ0n) is 17.4. The number of hydrogen-bond acceptors (Lipinski definition) is 4. The molecule has 0 radical (unpaired) electrons. The summed E-state index contributed by atoms with van der Waals surface area (Å²) < 4.78 is 1.53. The van der Waals surface area contributed by atoms with Crippen molar-refractivity contribution in [1.82, 2.24) is 19.7 Å². The minimum Gasteiger partial charge on any atom is -0.481 e. The highest BCUT2D eigenvalue weighted by Gasteiger charge is 2.22. The molecule has 9 heteroatoms. The summed E-state index contributed by atoms with van der Waals surface area (Å²) in [6.07, 6.45) is 0.314. The minimum absolute atomic E-state index is 0.0180. The Labute approximate surface area is 193 Å². The van der Waals surface area contributed by atoms with Gasteiger partial charge in [-0.1, -0.05) is 67.4 Å². The molecule has 0 atom stereocenters. The van der Waals surface area contributed by atoms with E-state index in [-0.39, 0.29) is 17.9 Å². The Morgan fingerprint density at radius 1 is 1.09 bits per heavy atom. The normalized spacial score (nSPS) is 11.4. The van der Waals surface area contributed by atoms with E-state index >= 15 is 0 Å². The second-order valence-electron chi connectivity index (χ2n) is 7.80. The number of nitrogens with one attached hydrogen (secondary N) is 1. The Morgan fingerprint density at radius 3 is 2.31 bits per heavy atom. The molecule has 0 spiro atoms. The maximum absolute atomic E-state index is 13.0. The van der Waals surface area contributed by atoms with Gasteiger partial charge in [0.2, 0.25) is 0 Å². The molecule has 0 unspecified atom stereocenters. The van der Waals surface area contributed by atoms with Crippen molar-refractivity contribution >= 4 is 40.2 Å². The molecule has 2 heterocycles. The number of carboxylic acids is 1. The number of benzene rings is 2. The van der Waals surface area contributed by atoms with Crippen LogP contribution < -0.4 is 5.56 Å². The minimum atomic E-state index is -0.887. The van der Waals surface area contributed by atoms with Crippen LogP contribution in [0, 0.1) is 0 Å². The van der Waals surface area contributed by atoms with E-state index in [1.807, 2.05) is 26.0 Å². The van der Waals surface area contributed by atoms with Gasteiger partial charge in [0.15, 0.2) is 5.65 Å². The molecule has 0 saturated carbocycles. The number of para-hydroxylation sites is 1. The first kappa shape index (κ1) is 22.0. The molecule has 4 rings (SSSR count). The molecule has 2 N–H and O–H groups in total. The monoisotopic (exact) mass is 470 g/mol. The number of aromatic nitrogens is 4. The van der Waals surface area contributed by atoms with Crippen LogP contribution >= 0.6 is 23.2 Å².